The van der Waals surface area contributed by atoms with Gasteiger partial charge in [0.25, 0.3) is 0 Å². The highest BCUT2D eigenvalue weighted by atomic mass is 35.5. The minimum absolute atomic E-state index is 0.0416. The lowest BCUT2D eigenvalue weighted by atomic mass is 10.0. The number of sulfone groups is 1. The molecule has 26 heavy (non-hydrogen) atoms. The predicted molar refractivity (Wildman–Crippen MR) is 105 cm³/mol. The smallest absolute Gasteiger partial charge is 0.244 e. The summed E-state index contributed by atoms with van der Waals surface area (Å²) >= 11 is 7.44. The van der Waals surface area contributed by atoms with Crippen LogP contribution in [0.15, 0.2) is 42.5 Å². The van der Waals surface area contributed by atoms with E-state index < -0.39 is 15.9 Å². The maximum absolute atomic E-state index is 13.2. The van der Waals surface area contributed by atoms with E-state index in [-0.39, 0.29) is 17.4 Å². The summed E-state index contributed by atoms with van der Waals surface area (Å²) in [5, 5.41) is 0. The Morgan fingerprint density at radius 3 is 2.42 bits per heavy atom. The number of thiophene rings is 1. The van der Waals surface area contributed by atoms with Gasteiger partial charge in [0, 0.05) is 25.0 Å². The molecule has 1 aliphatic rings. The third-order valence-electron chi connectivity index (χ3n) is 4.49. The Balaban J connectivity index is 1.81. The van der Waals surface area contributed by atoms with E-state index in [1.165, 1.54) is 11.3 Å². The molecule has 0 radical (unpaired) electrons. The van der Waals surface area contributed by atoms with Crippen molar-refractivity contribution in [3.8, 4) is 0 Å². The number of rotatable bonds is 5. The van der Waals surface area contributed by atoms with Crippen molar-refractivity contribution in [3.05, 3.63) is 57.2 Å². The van der Waals surface area contributed by atoms with Gasteiger partial charge in [-0.1, -0.05) is 41.9 Å². The van der Waals surface area contributed by atoms with Crippen molar-refractivity contribution in [1.82, 2.24) is 9.80 Å². The first-order valence-electron chi connectivity index (χ1n) is 8.34. The Morgan fingerprint density at radius 2 is 1.85 bits per heavy atom. The standard InChI is InChI=1S/C18H21ClN2O3S2/c1-20(13-15-7-8-16(19)25-15)18(22)17(14-5-3-2-4-6-14)21-9-11-26(23,24)12-10-21/h2-8,17H,9-13H2,1H3. The minimum Gasteiger partial charge on any atom is -0.339 e. The molecule has 0 saturated carbocycles. The summed E-state index contributed by atoms with van der Waals surface area (Å²) in [5.41, 5.74) is 0.882. The first-order chi connectivity index (χ1) is 12.4. The van der Waals surface area contributed by atoms with Crippen LogP contribution >= 0.6 is 22.9 Å². The van der Waals surface area contributed by atoms with Crippen molar-refractivity contribution < 1.29 is 13.2 Å². The molecule has 1 saturated heterocycles. The molecule has 0 N–H and O–H groups in total. The number of carbonyl (C=O) groups excluding carboxylic acids is 1. The lowest BCUT2D eigenvalue weighted by Crippen LogP contribution is -2.47. The van der Waals surface area contributed by atoms with Crippen LogP contribution in [0, 0.1) is 0 Å². The van der Waals surface area contributed by atoms with E-state index in [4.69, 9.17) is 11.6 Å². The molecule has 1 atom stereocenters. The van der Waals surface area contributed by atoms with Gasteiger partial charge in [0.1, 0.15) is 6.04 Å². The molecule has 1 unspecified atom stereocenters. The number of hydrogen-bond acceptors (Lipinski definition) is 5. The molecule has 1 aliphatic heterocycles. The van der Waals surface area contributed by atoms with E-state index in [0.29, 0.717) is 24.0 Å². The Bertz CT molecular complexity index is 854. The van der Waals surface area contributed by atoms with E-state index in [9.17, 15) is 13.2 Å². The molecule has 0 aliphatic carbocycles. The number of benzene rings is 1. The molecular formula is C18H21ClN2O3S2. The van der Waals surface area contributed by atoms with Gasteiger partial charge < -0.3 is 4.90 Å². The second-order valence-corrected chi connectivity index (χ2v) is 10.5. The van der Waals surface area contributed by atoms with Gasteiger partial charge in [0.2, 0.25) is 5.91 Å². The Kier molecular flexibility index (Phi) is 6.02. The van der Waals surface area contributed by atoms with E-state index in [0.717, 1.165) is 10.4 Å². The summed E-state index contributed by atoms with van der Waals surface area (Å²) in [7, 11) is -1.23. The summed E-state index contributed by atoms with van der Waals surface area (Å²) in [4.78, 5) is 17.9. The van der Waals surface area contributed by atoms with Crippen LogP contribution in [-0.4, -0.2) is 55.8 Å². The van der Waals surface area contributed by atoms with Crippen molar-refractivity contribution in [2.45, 2.75) is 12.6 Å². The van der Waals surface area contributed by atoms with E-state index in [2.05, 4.69) is 0 Å². The SMILES string of the molecule is CN(Cc1ccc(Cl)s1)C(=O)C(c1ccccc1)N1CCS(=O)(=O)CC1. The third kappa shape index (κ3) is 4.65. The van der Waals surface area contributed by atoms with Gasteiger partial charge in [-0.05, 0) is 17.7 Å². The molecule has 1 aromatic carbocycles. The molecule has 3 rings (SSSR count). The molecule has 0 spiro atoms. The third-order valence-corrected chi connectivity index (χ3v) is 7.32. The highest BCUT2D eigenvalue weighted by Gasteiger charge is 2.34. The lowest BCUT2D eigenvalue weighted by molar-refractivity contribution is -0.136. The normalized spacial score (nSPS) is 18.4. The average Bonchev–Trinajstić information content (AvgIpc) is 3.02. The zero-order chi connectivity index (χ0) is 18.7. The first kappa shape index (κ1) is 19.4. The van der Waals surface area contributed by atoms with Gasteiger partial charge in [-0.3, -0.25) is 9.69 Å². The zero-order valence-electron chi connectivity index (χ0n) is 14.5. The number of likely N-dealkylation sites (N-methyl/N-ethyl adjacent to an activating group) is 1. The summed E-state index contributed by atoms with van der Waals surface area (Å²) in [6, 6.07) is 12.8. The number of halogens is 1. The number of hydrogen-bond donors (Lipinski definition) is 0. The topological polar surface area (TPSA) is 57.7 Å². The summed E-state index contributed by atoms with van der Waals surface area (Å²) in [6.07, 6.45) is 0. The molecule has 5 nitrogen and oxygen atoms in total. The van der Waals surface area contributed by atoms with Crippen LogP contribution in [0.25, 0.3) is 0 Å². The zero-order valence-corrected chi connectivity index (χ0v) is 16.9. The van der Waals surface area contributed by atoms with Crippen LogP contribution < -0.4 is 0 Å². The van der Waals surface area contributed by atoms with Crippen molar-refractivity contribution in [1.29, 1.82) is 0 Å². The fraction of sp³-hybridized carbons (Fsp3) is 0.389. The summed E-state index contributed by atoms with van der Waals surface area (Å²) in [6.45, 7) is 1.21. The Labute approximate surface area is 163 Å². The molecule has 2 heterocycles. The van der Waals surface area contributed by atoms with Gasteiger partial charge in [-0.2, -0.15) is 0 Å². The maximum atomic E-state index is 13.2. The van der Waals surface area contributed by atoms with Gasteiger partial charge in [0.05, 0.1) is 22.4 Å². The molecule has 1 amide bonds. The molecule has 1 aromatic heterocycles. The van der Waals surface area contributed by atoms with Crippen LogP contribution in [-0.2, 0) is 21.2 Å². The number of nitrogens with zero attached hydrogens (tertiary/aromatic N) is 2. The fourth-order valence-electron chi connectivity index (χ4n) is 3.09. The second-order valence-electron chi connectivity index (χ2n) is 6.40. The highest BCUT2D eigenvalue weighted by Crippen LogP contribution is 2.27. The molecule has 2 aromatic rings. The first-order valence-corrected chi connectivity index (χ1v) is 11.4. The summed E-state index contributed by atoms with van der Waals surface area (Å²) < 4.78 is 24.2. The Morgan fingerprint density at radius 1 is 1.19 bits per heavy atom. The van der Waals surface area contributed by atoms with Crippen molar-refractivity contribution in [3.63, 3.8) is 0 Å². The van der Waals surface area contributed by atoms with Crippen LogP contribution in [0.5, 0.6) is 0 Å². The fourth-order valence-corrected chi connectivity index (χ4v) is 5.46. The van der Waals surface area contributed by atoms with E-state index in [1.54, 1.807) is 11.9 Å². The van der Waals surface area contributed by atoms with E-state index in [1.807, 2.05) is 47.4 Å². The number of amides is 1. The van der Waals surface area contributed by atoms with Gasteiger partial charge in [0.15, 0.2) is 9.84 Å². The van der Waals surface area contributed by atoms with Crippen molar-refractivity contribution in [2.75, 3.05) is 31.6 Å². The molecule has 1 fully saturated rings. The van der Waals surface area contributed by atoms with Crippen LogP contribution in [0.1, 0.15) is 16.5 Å². The Hall–Kier alpha value is -1.41. The van der Waals surface area contributed by atoms with E-state index >= 15 is 0 Å². The predicted octanol–water partition coefficient (Wildman–Crippen LogP) is 2.83. The molecule has 140 valence electrons. The van der Waals surface area contributed by atoms with Crippen LogP contribution in [0.3, 0.4) is 0 Å². The second kappa shape index (κ2) is 8.08. The average molecular weight is 413 g/mol. The van der Waals surface area contributed by atoms with Crippen molar-refractivity contribution >= 4 is 38.7 Å². The largest absolute Gasteiger partial charge is 0.339 e. The van der Waals surface area contributed by atoms with Crippen LogP contribution in [0.2, 0.25) is 4.34 Å². The molecule has 0 bridgehead atoms. The quantitative estimate of drug-likeness (QED) is 0.757. The summed E-state index contributed by atoms with van der Waals surface area (Å²) in [5.74, 6) is 0.141. The monoisotopic (exact) mass is 412 g/mol. The van der Waals surface area contributed by atoms with Gasteiger partial charge in [-0.25, -0.2) is 8.42 Å². The lowest BCUT2D eigenvalue weighted by Gasteiger charge is -2.35. The van der Waals surface area contributed by atoms with Gasteiger partial charge in [-0.15, -0.1) is 11.3 Å². The highest BCUT2D eigenvalue weighted by molar-refractivity contribution is 7.91. The van der Waals surface area contributed by atoms with Crippen molar-refractivity contribution in [2.24, 2.45) is 0 Å². The van der Waals surface area contributed by atoms with Gasteiger partial charge >= 0.3 is 0 Å². The van der Waals surface area contributed by atoms with Crippen LogP contribution in [0.4, 0.5) is 0 Å². The maximum Gasteiger partial charge on any atom is 0.244 e. The minimum atomic E-state index is -3.00. The molecular weight excluding hydrogens is 392 g/mol. The molecule has 8 heteroatoms. The number of carbonyl (C=O) groups is 1.